The molecule has 1 unspecified atom stereocenters. The van der Waals surface area contributed by atoms with Gasteiger partial charge in [-0.3, -0.25) is 4.79 Å². The fourth-order valence-corrected chi connectivity index (χ4v) is 2.40. The molecule has 1 N–H and O–H groups in total. The van der Waals surface area contributed by atoms with Crippen LogP contribution in [0.3, 0.4) is 0 Å². The Morgan fingerprint density at radius 3 is 2.70 bits per heavy atom. The molecule has 6 nitrogen and oxygen atoms in total. The fourth-order valence-electron chi connectivity index (χ4n) is 1.64. The number of rotatable bonds is 7. The van der Waals surface area contributed by atoms with Crippen molar-refractivity contribution in [2.24, 2.45) is 0 Å². The Morgan fingerprint density at radius 2 is 2.20 bits per heavy atom. The summed E-state index contributed by atoms with van der Waals surface area (Å²) in [6.07, 6.45) is 2.02. The SMILES string of the molecule is CCCn1cc(S(=O)(=O)Cl)cc1C(=O)NCC(C)OC. The summed E-state index contributed by atoms with van der Waals surface area (Å²) in [4.78, 5) is 12.0. The molecule has 0 aliphatic heterocycles. The average molecular weight is 323 g/mol. The van der Waals surface area contributed by atoms with Crippen LogP contribution in [0.1, 0.15) is 30.8 Å². The maximum Gasteiger partial charge on any atom is 0.268 e. The smallest absolute Gasteiger partial charge is 0.268 e. The Morgan fingerprint density at radius 1 is 1.55 bits per heavy atom. The minimum atomic E-state index is -3.85. The lowest BCUT2D eigenvalue weighted by Gasteiger charge is -2.12. The summed E-state index contributed by atoms with van der Waals surface area (Å²) < 4.78 is 29.3. The number of carbonyl (C=O) groups is 1. The number of hydrogen-bond acceptors (Lipinski definition) is 4. The van der Waals surface area contributed by atoms with Gasteiger partial charge >= 0.3 is 0 Å². The zero-order valence-electron chi connectivity index (χ0n) is 11.7. The van der Waals surface area contributed by atoms with E-state index in [-0.39, 0.29) is 22.6 Å². The molecule has 0 radical (unpaired) electrons. The van der Waals surface area contributed by atoms with Crippen molar-refractivity contribution in [1.29, 1.82) is 0 Å². The van der Waals surface area contributed by atoms with Gasteiger partial charge in [0.25, 0.3) is 15.0 Å². The molecule has 1 amide bonds. The van der Waals surface area contributed by atoms with Crippen LogP contribution in [0.4, 0.5) is 0 Å². The lowest BCUT2D eigenvalue weighted by Crippen LogP contribution is -2.32. The maximum atomic E-state index is 12.1. The summed E-state index contributed by atoms with van der Waals surface area (Å²) in [5.74, 6) is -0.353. The van der Waals surface area contributed by atoms with Gasteiger partial charge in [0.2, 0.25) is 0 Å². The summed E-state index contributed by atoms with van der Waals surface area (Å²) in [5, 5.41) is 2.69. The molecule has 0 fully saturated rings. The van der Waals surface area contributed by atoms with Crippen LogP contribution in [0.2, 0.25) is 0 Å². The first-order valence-electron chi connectivity index (χ1n) is 6.25. The molecule has 0 bridgehead atoms. The molecule has 0 saturated carbocycles. The predicted octanol–water partition coefficient (Wildman–Crippen LogP) is 1.59. The number of carbonyl (C=O) groups excluding carboxylic acids is 1. The Bertz CT molecular complexity index is 568. The van der Waals surface area contributed by atoms with Gasteiger partial charge in [-0.15, -0.1) is 0 Å². The highest BCUT2D eigenvalue weighted by molar-refractivity contribution is 8.13. The molecule has 1 aromatic heterocycles. The van der Waals surface area contributed by atoms with Crippen LogP contribution >= 0.6 is 10.7 Å². The van der Waals surface area contributed by atoms with Crippen LogP contribution in [0.15, 0.2) is 17.2 Å². The van der Waals surface area contributed by atoms with Gasteiger partial charge in [-0.2, -0.15) is 0 Å². The molecule has 114 valence electrons. The second-order valence-corrected chi connectivity index (χ2v) is 7.01. The van der Waals surface area contributed by atoms with Gasteiger partial charge in [-0.05, 0) is 19.4 Å². The average Bonchev–Trinajstić information content (AvgIpc) is 2.80. The van der Waals surface area contributed by atoms with Crippen LogP contribution in [0.5, 0.6) is 0 Å². The van der Waals surface area contributed by atoms with Gasteiger partial charge in [0.05, 0.1) is 6.10 Å². The van der Waals surface area contributed by atoms with Crippen molar-refractivity contribution in [3.05, 3.63) is 18.0 Å². The number of nitrogens with one attached hydrogen (secondary N) is 1. The van der Waals surface area contributed by atoms with E-state index in [2.05, 4.69) is 5.32 Å². The largest absolute Gasteiger partial charge is 0.380 e. The van der Waals surface area contributed by atoms with E-state index in [4.69, 9.17) is 15.4 Å². The van der Waals surface area contributed by atoms with E-state index in [9.17, 15) is 13.2 Å². The van der Waals surface area contributed by atoms with E-state index in [0.29, 0.717) is 13.1 Å². The van der Waals surface area contributed by atoms with Crippen molar-refractivity contribution in [3.63, 3.8) is 0 Å². The zero-order chi connectivity index (χ0) is 15.3. The van der Waals surface area contributed by atoms with E-state index in [0.717, 1.165) is 6.42 Å². The van der Waals surface area contributed by atoms with Crippen LogP contribution in [-0.4, -0.2) is 38.7 Å². The molecule has 1 rings (SSSR count). The Kier molecular flexibility index (Phi) is 6.04. The molecule has 1 heterocycles. The van der Waals surface area contributed by atoms with E-state index >= 15 is 0 Å². The third-order valence-corrected chi connectivity index (χ3v) is 4.12. The van der Waals surface area contributed by atoms with Crippen molar-refractivity contribution in [2.45, 2.75) is 37.8 Å². The molecule has 1 atom stereocenters. The minimum Gasteiger partial charge on any atom is -0.380 e. The highest BCUT2D eigenvalue weighted by atomic mass is 35.7. The molecular formula is C12H19ClN2O4S. The number of halogens is 1. The highest BCUT2D eigenvalue weighted by Gasteiger charge is 2.19. The number of amides is 1. The van der Waals surface area contributed by atoms with Crippen LogP contribution < -0.4 is 5.32 Å². The number of ether oxygens (including phenoxy) is 1. The fraction of sp³-hybridized carbons (Fsp3) is 0.583. The number of aryl methyl sites for hydroxylation is 1. The van der Waals surface area contributed by atoms with Gasteiger partial charge in [-0.25, -0.2) is 8.42 Å². The second-order valence-electron chi connectivity index (χ2n) is 4.45. The lowest BCUT2D eigenvalue weighted by molar-refractivity contribution is 0.0862. The number of aromatic nitrogens is 1. The van der Waals surface area contributed by atoms with Crippen molar-refractivity contribution >= 4 is 25.6 Å². The summed E-state index contributed by atoms with van der Waals surface area (Å²) in [7, 11) is 3.01. The van der Waals surface area contributed by atoms with Crippen molar-refractivity contribution in [3.8, 4) is 0 Å². The normalized spacial score (nSPS) is 13.2. The van der Waals surface area contributed by atoms with E-state index in [1.165, 1.54) is 12.3 Å². The molecule has 0 saturated heterocycles. The number of nitrogens with zero attached hydrogens (tertiary/aromatic N) is 1. The lowest BCUT2D eigenvalue weighted by atomic mass is 10.3. The topological polar surface area (TPSA) is 77.4 Å². The predicted molar refractivity (Wildman–Crippen MR) is 76.6 cm³/mol. The van der Waals surface area contributed by atoms with Crippen LogP contribution in [-0.2, 0) is 20.3 Å². The van der Waals surface area contributed by atoms with E-state index in [1.807, 2.05) is 13.8 Å². The highest BCUT2D eigenvalue weighted by Crippen LogP contribution is 2.19. The quantitative estimate of drug-likeness (QED) is 0.773. The standard InChI is InChI=1S/C12H19ClN2O4S/c1-4-5-15-8-10(20(13,17)18)6-11(15)12(16)14-7-9(2)19-3/h6,8-9H,4-5,7H2,1-3H3,(H,14,16). The summed E-state index contributed by atoms with van der Waals surface area (Å²) in [6.45, 7) is 4.63. The van der Waals surface area contributed by atoms with Crippen molar-refractivity contribution in [2.75, 3.05) is 13.7 Å². The van der Waals surface area contributed by atoms with Gasteiger partial charge in [-0.1, -0.05) is 6.92 Å². The third kappa shape index (κ3) is 4.50. The second kappa shape index (κ2) is 7.10. The van der Waals surface area contributed by atoms with Gasteiger partial charge in [0, 0.05) is 37.1 Å². The summed E-state index contributed by atoms with van der Waals surface area (Å²) in [6, 6.07) is 1.28. The monoisotopic (exact) mass is 322 g/mol. The summed E-state index contributed by atoms with van der Waals surface area (Å²) in [5.41, 5.74) is 0.273. The van der Waals surface area contributed by atoms with E-state index in [1.54, 1.807) is 11.7 Å². The number of hydrogen-bond donors (Lipinski definition) is 1. The van der Waals surface area contributed by atoms with Crippen LogP contribution in [0.25, 0.3) is 0 Å². The molecular weight excluding hydrogens is 304 g/mol. The van der Waals surface area contributed by atoms with Crippen LogP contribution in [0, 0.1) is 0 Å². The van der Waals surface area contributed by atoms with E-state index < -0.39 is 9.05 Å². The van der Waals surface area contributed by atoms with Gasteiger partial charge in [0.1, 0.15) is 10.6 Å². The Hall–Kier alpha value is -1.05. The summed E-state index contributed by atoms with van der Waals surface area (Å²) >= 11 is 0. The first-order chi connectivity index (χ1) is 9.29. The molecule has 8 heteroatoms. The maximum absolute atomic E-state index is 12.1. The Labute approximate surface area is 123 Å². The molecule has 20 heavy (non-hydrogen) atoms. The third-order valence-electron chi connectivity index (χ3n) is 2.80. The number of methoxy groups -OCH3 is 1. The molecule has 1 aromatic rings. The van der Waals surface area contributed by atoms with Gasteiger partial charge < -0.3 is 14.6 Å². The first kappa shape index (κ1) is 17.0. The molecule has 0 spiro atoms. The molecule has 0 aliphatic carbocycles. The molecule has 0 aromatic carbocycles. The van der Waals surface area contributed by atoms with Crippen molar-refractivity contribution in [1.82, 2.24) is 9.88 Å². The zero-order valence-corrected chi connectivity index (χ0v) is 13.3. The Balaban J connectivity index is 2.97. The van der Waals surface area contributed by atoms with Gasteiger partial charge in [0.15, 0.2) is 0 Å². The van der Waals surface area contributed by atoms with Crippen molar-refractivity contribution < 1.29 is 17.9 Å². The first-order valence-corrected chi connectivity index (χ1v) is 8.56. The minimum absolute atomic E-state index is 0.0717. The molecule has 0 aliphatic rings.